The third-order valence-electron chi connectivity index (χ3n) is 5.72. The van der Waals surface area contributed by atoms with Gasteiger partial charge in [-0.05, 0) is 19.1 Å². The minimum Gasteiger partial charge on any atom is -0.346 e. The fraction of sp³-hybridized carbons (Fsp3) is 0.300. The second-order valence-electron chi connectivity index (χ2n) is 7.47. The highest BCUT2D eigenvalue weighted by Crippen LogP contribution is 2.39. The van der Waals surface area contributed by atoms with Crippen molar-refractivity contribution < 1.29 is 8.42 Å². The smallest absolute Gasteiger partial charge is 0.213 e. The first-order valence-electron chi connectivity index (χ1n) is 9.60. The Morgan fingerprint density at radius 3 is 2.73 bits per heavy atom. The van der Waals surface area contributed by atoms with Crippen LogP contribution in [0.3, 0.4) is 0 Å². The third-order valence-corrected chi connectivity index (χ3v) is 7.50. The number of nitrogens with zero attached hydrogens (tertiary/aromatic N) is 6. The lowest BCUT2D eigenvalue weighted by molar-refractivity contribution is 0.0767. The molecule has 1 N–H and O–H groups in total. The summed E-state index contributed by atoms with van der Waals surface area (Å²) in [4.78, 5) is 11.8. The van der Waals surface area contributed by atoms with E-state index in [4.69, 9.17) is 5.10 Å². The summed E-state index contributed by atoms with van der Waals surface area (Å²) in [6, 6.07) is 11.9. The van der Waals surface area contributed by atoms with Crippen molar-refractivity contribution in [2.24, 2.45) is 0 Å². The zero-order valence-electron chi connectivity index (χ0n) is 16.3. The van der Waals surface area contributed by atoms with Crippen LogP contribution in [-0.2, 0) is 15.6 Å². The minimum absolute atomic E-state index is 0.0349. The number of aromatic amines is 1. The number of sulfonamides is 1. The zero-order valence-corrected chi connectivity index (χ0v) is 17.1. The molecular formula is C20H19N7O2S. The van der Waals surface area contributed by atoms with E-state index in [1.807, 2.05) is 35.0 Å². The third kappa shape index (κ3) is 2.63. The Hall–Kier alpha value is -3.29. The molecule has 30 heavy (non-hydrogen) atoms. The number of para-hydroxylation sites is 1. The predicted octanol–water partition coefficient (Wildman–Crippen LogP) is 2.25. The molecule has 0 saturated carbocycles. The summed E-state index contributed by atoms with van der Waals surface area (Å²) in [5, 5.41) is 16.1. The van der Waals surface area contributed by atoms with Gasteiger partial charge < -0.3 is 4.98 Å². The molecule has 4 aromatic rings. The molecule has 0 unspecified atom stereocenters. The number of nitriles is 1. The fourth-order valence-electron chi connectivity index (χ4n) is 4.12. The van der Waals surface area contributed by atoms with Crippen molar-refractivity contribution in [3.8, 4) is 17.5 Å². The normalized spacial score (nSPS) is 16.5. The number of hydrogen-bond acceptors (Lipinski definition) is 6. The summed E-state index contributed by atoms with van der Waals surface area (Å²) >= 11 is 0. The summed E-state index contributed by atoms with van der Waals surface area (Å²) in [7, 11) is -3.32. The highest BCUT2D eigenvalue weighted by atomic mass is 32.2. The van der Waals surface area contributed by atoms with Gasteiger partial charge in [-0.1, -0.05) is 18.2 Å². The Balaban J connectivity index is 1.70. The van der Waals surface area contributed by atoms with E-state index in [1.165, 1.54) is 10.6 Å². The molecule has 3 aromatic heterocycles. The van der Waals surface area contributed by atoms with Crippen molar-refractivity contribution in [3.63, 3.8) is 0 Å². The number of fused-ring (bicyclic) bond motifs is 2. The van der Waals surface area contributed by atoms with Crippen LogP contribution in [0.15, 0.2) is 42.9 Å². The molecule has 1 aliphatic heterocycles. The standard InChI is InChI=1S/C20H19N7O2S/c1-2-30(28,29)26-11-20(12-26,8-9-21)27-16-6-4-3-5-14(16)18(25-27)17-15-7-10-22-19(15)24-13-23-17/h3-7,10,13H,2,8,11-12H2,1H3,(H,22,23,24). The molecule has 10 heteroatoms. The summed E-state index contributed by atoms with van der Waals surface area (Å²) in [5.74, 6) is 0.0349. The molecular weight excluding hydrogens is 402 g/mol. The topological polar surface area (TPSA) is 121 Å². The van der Waals surface area contributed by atoms with Crippen LogP contribution in [0.2, 0.25) is 0 Å². The molecule has 0 amide bonds. The number of aromatic nitrogens is 5. The Morgan fingerprint density at radius 2 is 1.97 bits per heavy atom. The molecule has 0 bridgehead atoms. The van der Waals surface area contributed by atoms with Crippen molar-refractivity contribution in [2.45, 2.75) is 18.9 Å². The van der Waals surface area contributed by atoms with Gasteiger partial charge in [0.1, 0.15) is 28.9 Å². The number of H-pyrrole nitrogens is 1. The first-order valence-corrected chi connectivity index (χ1v) is 11.2. The average molecular weight is 421 g/mol. The van der Waals surface area contributed by atoms with Crippen LogP contribution in [-0.4, -0.2) is 56.3 Å². The molecule has 0 radical (unpaired) electrons. The van der Waals surface area contributed by atoms with Gasteiger partial charge in [0, 0.05) is 30.1 Å². The quantitative estimate of drug-likeness (QED) is 0.528. The maximum absolute atomic E-state index is 12.3. The molecule has 9 nitrogen and oxygen atoms in total. The van der Waals surface area contributed by atoms with Gasteiger partial charge in [0.15, 0.2) is 0 Å². The Labute approximate surface area is 173 Å². The Morgan fingerprint density at radius 1 is 1.17 bits per heavy atom. The van der Waals surface area contributed by atoms with Crippen molar-refractivity contribution >= 4 is 32.0 Å². The van der Waals surface area contributed by atoms with Gasteiger partial charge in [-0.2, -0.15) is 14.7 Å². The first-order chi connectivity index (χ1) is 14.5. The summed E-state index contributed by atoms with van der Waals surface area (Å²) in [5.41, 5.74) is 2.24. The average Bonchev–Trinajstić information content (AvgIpc) is 3.35. The highest BCUT2D eigenvalue weighted by Gasteiger charge is 2.50. The molecule has 1 fully saturated rings. The van der Waals surface area contributed by atoms with Gasteiger partial charge in [-0.15, -0.1) is 0 Å². The molecule has 1 aromatic carbocycles. The maximum Gasteiger partial charge on any atom is 0.213 e. The van der Waals surface area contributed by atoms with Gasteiger partial charge >= 0.3 is 0 Å². The molecule has 0 atom stereocenters. The molecule has 5 rings (SSSR count). The minimum atomic E-state index is -3.32. The van der Waals surface area contributed by atoms with Gasteiger partial charge in [-0.25, -0.2) is 18.4 Å². The number of nitrogens with one attached hydrogen (secondary N) is 1. The van der Waals surface area contributed by atoms with Crippen LogP contribution in [0, 0.1) is 11.3 Å². The second-order valence-corrected chi connectivity index (χ2v) is 9.73. The van der Waals surface area contributed by atoms with E-state index in [1.54, 1.807) is 13.1 Å². The largest absolute Gasteiger partial charge is 0.346 e. The van der Waals surface area contributed by atoms with Gasteiger partial charge in [0.25, 0.3) is 0 Å². The van der Waals surface area contributed by atoms with E-state index in [0.717, 1.165) is 16.3 Å². The van der Waals surface area contributed by atoms with E-state index in [2.05, 4.69) is 21.0 Å². The van der Waals surface area contributed by atoms with Crippen molar-refractivity contribution in [3.05, 3.63) is 42.9 Å². The SMILES string of the molecule is CCS(=O)(=O)N1CC(CC#N)(n2nc(-c3ncnc4[nH]ccc34)c3ccccc32)C1. The molecule has 1 aliphatic rings. The lowest BCUT2D eigenvalue weighted by Crippen LogP contribution is -2.64. The van der Waals surface area contributed by atoms with Gasteiger partial charge in [0.05, 0.1) is 23.8 Å². The van der Waals surface area contributed by atoms with E-state index in [9.17, 15) is 13.7 Å². The lowest BCUT2D eigenvalue weighted by Gasteiger charge is -2.48. The molecule has 152 valence electrons. The van der Waals surface area contributed by atoms with Crippen molar-refractivity contribution in [1.82, 2.24) is 29.0 Å². The Kier molecular flexibility index (Phi) is 4.13. The summed E-state index contributed by atoms with van der Waals surface area (Å²) in [6.07, 6.45) is 3.46. The molecule has 4 heterocycles. The molecule has 0 aliphatic carbocycles. The number of benzene rings is 1. The number of rotatable bonds is 5. The predicted molar refractivity (Wildman–Crippen MR) is 112 cm³/mol. The van der Waals surface area contributed by atoms with Crippen LogP contribution in [0.5, 0.6) is 0 Å². The molecule has 0 spiro atoms. The lowest BCUT2D eigenvalue weighted by atomic mass is 9.89. The fourth-order valence-corrected chi connectivity index (χ4v) is 5.36. The van der Waals surface area contributed by atoms with Crippen molar-refractivity contribution in [1.29, 1.82) is 5.26 Å². The Bertz CT molecular complexity index is 1410. The van der Waals surface area contributed by atoms with Crippen molar-refractivity contribution in [2.75, 3.05) is 18.8 Å². The van der Waals surface area contributed by atoms with E-state index >= 15 is 0 Å². The monoisotopic (exact) mass is 421 g/mol. The zero-order chi connectivity index (χ0) is 20.9. The van der Waals surface area contributed by atoms with E-state index < -0.39 is 15.6 Å². The summed E-state index contributed by atoms with van der Waals surface area (Å²) in [6.45, 7) is 2.08. The van der Waals surface area contributed by atoms with Crippen LogP contribution in [0.25, 0.3) is 33.3 Å². The van der Waals surface area contributed by atoms with Crippen LogP contribution >= 0.6 is 0 Å². The summed E-state index contributed by atoms with van der Waals surface area (Å²) < 4.78 is 27.9. The maximum atomic E-state index is 12.3. The molecule has 1 saturated heterocycles. The second kappa shape index (κ2) is 6.62. The number of hydrogen-bond donors (Lipinski definition) is 1. The van der Waals surface area contributed by atoms with E-state index in [0.29, 0.717) is 17.0 Å². The van der Waals surface area contributed by atoms with Gasteiger partial charge in [-0.3, -0.25) is 4.68 Å². The first kappa shape index (κ1) is 18.7. The van der Waals surface area contributed by atoms with Crippen LogP contribution < -0.4 is 0 Å². The highest BCUT2D eigenvalue weighted by molar-refractivity contribution is 7.89. The van der Waals surface area contributed by atoms with Crippen LogP contribution in [0.1, 0.15) is 13.3 Å². The van der Waals surface area contributed by atoms with Crippen LogP contribution in [0.4, 0.5) is 0 Å². The van der Waals surface area contributed by atoms with E-state index in [-0.39, 0.29) is 25.3 Å². The van der Waals surface area contributed by atoms with Gasteiger partial charge in [0.2, 0.25) is 10.0 Å².